The molecule has 0 saturated heterocycles. The third kappa shape index (κ3) is 2.82. The predicted octanol–water partition coefficient (Wildman–Crippen LogP) is 2.40. The average molecular weight is 281 g/mol. The molecule has 0 atom stereocenters. The summed E-state index contributed by atoms with van der Waals surface area (Å²) in [5.41, 5.74) is 2.70. The molecule has 1 aromatic heterocycles. The Labute approximate surface area is 114 Å². The lowest BCUT2D eigenvalue weighted by Gasteiger charge is -2.20. The van der Waals surface area contributed by atoms with Crippen molar-refractivity contribution in [3.05, 3.63) is 24.3 Å². The van der Waals surface area contributed by atoms with Crippen molar-refractivity contribution in [3.63, 3.8) is 0 Å². The van der Waals surface area contributed by atoms with Crippen LogP contribution in [0.2, 0.25) is 0 Å². The number of hydrazine groups is 1. The van der Waals surface area contributed by atoms with Gasteiger partial charge in [0, 0.05) is 5.75 Å². The number of carbonyl (C=O) groups is 1. The van der Waals surface area contributed by atoms with Crippen LogP contribution in [0, 0.1) is 5.41 Å². The number of thiazole rings is 1. The van der Waals surface area contributed by atoms with Gasteiger partial charge in [0.1, 0.15) is 0 Å². The lowest BCUT2D eigenvalue weighted by Crippen LogP contribution is -2.42. The molecule has 3 N–H and O–H groups in total. The van der Waals surface area contributed by atoms with Crippen LogP contribution in [-0.2, 0) is 4.79 Å². The zero-order valence-corrected chi connectivity index (χ0v) is 11.9. The molecule has 0 aliphatic heterocycles. The minimum atomic E-state index is -0.503. The Morgan fingerprint density at radius 1 is 1.50 bits per heavy atom. The van der Waals surface area contributed by atoms with E-state index in [-0.39, 0.29) is 5.91 Å². The Morgan fingerprint density at radius 2 is 2.22 bits per heavy atom. The largest absolute Gasteiger partial charge is 0.294 e. The van der Waals surface area contributed by atoms with E-state index in [1.165, 1.54) is 4.70 Å². The van der Waals surface area contributed by atoms with E-state index in [2.05, 4.69) is 16.5 Å². The van der Waals surface area contributed by atoms with Gasteiger partial charge in [-0.1, -0.05) is 37.7 Å². The second-order valence-electron chi connectivity index (χ2n) is 4.59. The van der Waals surface area contributed by atoms with E-state index in [4.69, 9.17) is 5.84 Å². The third-order valence-electron chi connectivity index (χ3n) is 2.58. The molecule has 96 valence electrons. The van der Waals surface area contributed by atoms with Gasteiger partial charge in [-0.15, -0.1) is 11.3 Å². The molecule has 1 aromatic carbocycles. The molecule has 4 nitrogen and oxygen atoms in total. The predicted molar refractivity (Wildman–Crippen MR) is 76.5 cm³/mol. The van der Waals surface area contributed by atoms with Crippen molar-refractivity contribution in [2.75, 3.05) is 5.75 Å². The Bertz CT molecular complexity index is 532. The Morgan fingerprint density at radius 3 is 2.89 bits per heavy atom. The minimum absolute atomic E-state index is 0.156. The summed E-state index contributed by atoms with van der Waals surface area (Å²) >= 11 is 3.23. The number of rotatable bonds is 4. The molecule has 2 rings (SSSR count). The van der Waals surface area contributed by atoms with Gasteiger partial charge in [-0.25, -0.2) is 10.8 Å². The highest BCUT2D eigenvalue weighted by molar-refractivity contribution is 8.01. The van der Waals surface area contributed by atoms with Crippen molar-refractivity contribution >= 4 is 39.2 Å². The van der Waals surface area contributed by atoms with Gasteiger partial charge in [-0.2, -0.15) is 0 Å². The van der Waals surface area contributed by atoms with Crippen molar-refractivity contribution in [1.29, 1.82) is 0 Å². The number of nitrogens with two attached hydrogens (primary N) is 1. The first-order valence-electron chi connectivity index (χ1n) is 5.52. The molecule has 0 aliphatic rings. The Hall–Kier alpha value is -1.11. The molecule has 0 fully saturated rings. The number of hydrogen-bond donors (Lipinski definition) is 2. The maximum atomic E-state index is 11.6. The van der Waals surface area contributed by atoms with Crippen molar-refractivity contribution in [2.45, 2.75) is 18.2 Å². The number of nitrogens with one attached hydrogen (secondary N) is 1. The summed E-state index contributed by atoms with van der Waals surface area (Å²) in [6.07, 6.45) is 0. The molecular formula is C12H15N3OS2. The number of amides is 1. The van der Waals surface area contributed by atoms with Crippen LogP contribution in [0.15, 0.2) is 28.6 Å². The lowest BCUT2D eigenvalue weighted by atomic mass is 9.96. The maximum absolute atomic E-state index is 11.6. The first-order valence-corrected chi connectivity index (χ1v) is 7.32. The van der Waals surface area contributed by atoms with E-state index in [1.807, 2.05) is 32.0 Å². The van der Waals surface area contributed by atoms with E-state index in [0.29, 0.717) is 5.75 Å². The average Bonchev–Trinajstić information content (AvgIpc) is 2.78. The van der Waals surface area contributed by atoms with Crippen molar-refractivity contribution in [1.82, 2.24) is 10.4 Å². The van der Waals surface area contributed by atoms with Crippen molar-refractivity contribution in [2.24, 2.45) is 11.3 Å². The van der Waals surface area contributed by atoms with Crippen LogP contribution in [0.25, 0.3) is 10.2 Å². The molecule has 2 aromatic rings. The smallest absolute Gasteiger partial charge is 0.240 e. The topological polar surface area (TPSA) is 68.0 Å². The van der Waals surface area contributed by atoms with Gasteiger partial charge < -0.3 is 0 Å². The van der Waals surface area contributed by atoms with Gasteiger partial charge in [0.15, 0.2) is 4.34 Å². The summed E-state index contributed by atoms with van der Waals surface area (Å²) in [5, 5.41) is 0. The van der Waals surface area contributed by atoms with Gasteiger partial charge in [0.2, 0.25) is 5.91 Å². The van der Waals surface area contributed by atoms with Gasteiger partial charge in [-0.05, 0) is 12.1 Å². The summed E-state index contributed by atoms with van der Waals surface area (Å²) in [6, 6.07) is 8.02. The fourth-order valence-electron chi connectivity index (χ4n) is 1.42. The summed E-state index contributed by atoms with van der Waals surface area (Å²) in [6.45, 7) is 3.74. The fraction of sp³-hybridized carbons (Fsp3) is 0.333. The van der Waals surface area contributed by atoms with Crippen LogP contribution in [0.1, 0.15) is 13.8 Å². The number of aromatic nitrogens is 1. The SMILES string of the molecule is CC(C)(CSc1nc2ccccc2s1)C(=O)NN. The number of hydrogen-bond acceptors (Lipinski definition) is 5. The molecule has 0 saturated carbocycles. The van der Waals surface area contributed by atoms with Gasteiger partial charge in [0.25, 0.3) is 0 Å². The second kappa shape index (κ2) is 5.26. The number of fused-ring (bicyclic) bond motifs is 1. The minimum Gasteiger partial charge on any atom is -0.294 e. The standard InChI is InChI=1S/C12H15N3OS2/c1-12(2,10(16)15-13)7-17-11-14-8-5-3-4-6-9(8)18-11/h3-6H,7,13H2,1-2H3,(H,15,16). The van der Waals surface area contributed by atoms with Gasteiger partial charge >= 0.3 is 0 Å². The zero-order valence-electron chi connectivity index (χ0n) is 10.3. The van der Waals surface area contributed by atoms with E-state index in [1.54, 1.807) is 23.1 Å². The molecule has 0 spiro atoms. The molecule has 18 heavy (non-hydrogen) atoms. The molecule has 0 unspecified atom stereocenters. The number of thioether (sulfide) groups is 1. The summed E-state index contributed by atoms with van der Waals surface area (Å²) in [5.74, 6) is 5.66. The van der Waals surface area contributed by atoms with Crippen LogP contribution in [0.5, 0.6) is 0 Å². The van der Waals surface area contributed by atoms with Crippen LogP contribution in [0.4, 0.5) is 0 Å². The summed E-state index contributed by atoms with van der Waals surface area (Å²) in [7, 11) is 0. The van der Waals surface area contributed by atoms with Crippen LogP contribution in [-0.4, -0.2) is 16.6 Å². The van der Waals surface area contributed by atoms with E-state index in [0.717, 1.165) is 9.86 Å². The Kier molecular flexibility index (Phi) is 3.89. The van der Waals surface area contributed by atoms with Crippen LogP contribution >= 0.6 is 23.1 Å². The van der Waals surface area contributed by atoms with Crippen molar-refractivity contribution in [3.8, 4) is 0 Å². The van der Waals surface area contributed by atoms with Gasteiger partial charge in [-0.3, -0.25) is 10.2 Å². The molecule has 1 heterocycles. The molecule has 1 amide bonds. The van der Waals surface area contributed by atoms with Crippen LogP contribution in [0.3, 0.4) is 0 Å². The molecule has 0 bridgehead atoms. The van der Waals surface area contributed by atoms with Crippen molar-refractivity contribution < 1.29 is 4.79 Å². The monoisotopic (exact) mass is 281 g/mol. The highest BCUT2D eigenvalue weighted by Gasteiger charge is 2.27. The van der Waals surface area contributed by atoms with Crippen LogP contribution < -0.4 is 11.3 Å². The first-order chi connectivity index (χ1) is 8.53. The zero-order chi connectivity index (χ0) is 13.2. The second-order valence-corrected chi connectivity index (χ2v) is 6.85. The molecular weight excluding hydrogens is 266 g/mol. The van der Waals surface area contributed by atoms with E-state index < -0.39 is 5.41 Å². The van der Waals surface area contributed by atoms with E-state index in [9.17, 15) is 4.79 Å². The Balaban J connectivity index is 2.08. The maximum Gasteiger partial charge on any atom is 0.240 e. The van der Waals surface area contributed by atoms with Gasteiger partial charge in [0.05, 0.1) is 15.6 Å². The quantitative estimate of drug-likeness (QED) is 0.391. The lowest BCUT2D eigenvalue weighted by molar-refractivity contribution is -0.128. The summed E-state index contributed by atoms with van der Waals surface area (Å²) in [4.78, 5) is 16.1. The highest BCUT2D eigenvalue weighted by atomic mass is 32.2. The number of benzene rings is 1. The third-order valence-corrected chi connectivity index (χ3v) is 5.22. The first kappa shape index (κ1) is 13.3. The van der Waals surface area contributed by atoms with E-state index >= 15 is 0 Å². The fourth-order valence-corrected chi connectivity index (χ4v) is 3.57. The number of nitrogens with zero attached hydrogens (tertiary/aromatic N) is 1. The molecule has 0 aliphatic carbocycles. The number of para-hydroxylation sites is 1. The highest BCUT2D eigenvalue weighted by Crippen LogP contribution is 2.33. The normalized spacial score (nSPS) is 11.7. The molecule has 6 heteroatoms. The number of carbonyl (C=O) groups excluding carboxylic acids is 1. The molecule has 0 radical (unpaired) electrons. The summed E-state index contributed by atoms with van der Waals surface area (Å²) < 4.78 is 2.15.